The molecule has 3 heterocycles. The molecule has 90 valence electrons. The second kappa shape index (κ2) is 4.09. The zero-order chi connectivity index (χ0) is 11.8. The van der Waals surface area contributed by atoms with Crippen LogP contribution in [-0.2, 0) is 6.54 Å². The van der Waals surface area contributed by atoms with Gasteiger partial charge in [0.25, 0.3) is 0 Å². The smallest absolute Gasteiger partial charge is 0.156 e. The van der Waals surface area contributed by atoms with Crippen molar-refractivity contribution in [2.24, 2.45) is 5.73 Å². The molecule has 1 aliphatic rings. The van der Waals surface area contributed by atoms with Gasteiger partial charge in [-0.3, -0.25) is 0 Å². The molecule has 2 aromatic heterocycles. The van der Waals surface area contributed by atoms with E-state index in [4.69, 9.17) is 5.73 Å². The molecule has 1 saturated heterocycles. The molecule has 1 aliphatic heterocycles. The summed E-state index contributed by atoms with van der Waals surface area (Å²) in [6, 6.07) is 5.96. The highest BCUT2D eigenvalue weighted by molar-refractivity contribution is 5.39. The Hall–Kier alpha value is -1.46. The van der Waals surface area contributed by atoms with Gasteiger partial charge in [-0.25, -0.2) is 9.50 Å². The summed E-state index contributed by atoms with van der Waals surface area (Å²) >= 11 is 0. The molecule has 5 heteroatoms. The molecule has 17 heavy (non-hydrogen) atoms. The zero-order valence-corrected chi connectivity index (χ0v) is 10.0. The number of aromatic nitrogens is 3. The maximum absolute atomic E-state index is 5.70. The van der Waals surface area contributed by atoms with Gasteiger partial charge in [0.2, 0.25) is 0 Å². The summed E-state index contributed by atoms with van der Waals surface area (Å²) in [6.45, 7) is 2.67. The monoisotopic (exact) mass is 231 g/mol. The van der Waals surface area contributed by atoms with Gasteiger partial charge >= 0.3 is 0 Å². The molecular formula is C12H17N5. The van der Waals surface area contributed by atoms with Crippen LogP contribution in [0.4, 0.5) is 0 Å². The van der Waals surface area contributed by atoms with E-state index in [1.165, 1.54) is 0 Å². The summed E-state index contributed by atoms with van der Waals surface area (Å²) in [6.07, 6.45) is 1.14. The maximum atomic E-state index is 5.70. The molecule has 1 unspecified atom stereocenters. The third kappa shape index (κ3) is 1.81. The topological polar surface area (TPSA) is 59.5 Å². The van der Waals surface area contributed by atoms with Crippen LogP contribution in [0.2, 0.25) is 0 Å². The van der Waals surface area contributed by atoms with E-state index in [-0.39, 0.29) is 0 Å². The predicted molar refractivity (Wildman–Crippen MR) is 65.7 cm³/mol. The van der Waals surface area contributed by atoms with Crippen molar-refractivity contribution in [3.05, 3.63) is 29.7 Å². The Morgan fingerprint density at radius 1 is 1.47 bits per heavy atom. The number of likely N-dealkylation sites (N-methyl/N-ethyl adjacent to an activating group) is 1. The van der Waals surface area contributed by atoms with Gasteiger partial charge in [0.1, 0.15) is 0 Å². The van der Waals surface area contributed by atoms with Crippen molar-refractivity contribution in [1.29, 1.82) is 0 Å². The number of hydrogen-bond donors (Lipinski definition) is 1. The molecule has 2 aromatic rings. The zero-order valence-electron chi connectivity index (χ0n) is 10.0. The molecule has 0 amide bonds. The van der Waals surface area contributed by atoms with E-state index in [1.807, 2.05) is 22.7 Å². The van der Waals surface area contributed by atoms with Gasteiger partial charge in [-0.15, -0.1) is 0 Å². The average molecular weight is 231 g/mol. The number of hydrogen-bond acceptors (Lipinski definition) is 4. The normalized spacial score (nSPS) is 21.4. The molecule has 2 N–H and O–H groups in total. The number of nitrogens with two attached hydrogens (primary N) is 1. The van der Waals surface area contributed by atoms with E-state index in [2.05, 4.69) is 22.0 Å². The first-order valence-corrected chi connectivity index (χ1v) is 6.01. The summed E-state index contributed by atoms with van der Waals surface area (Å²) in [5, 5.41) is 4.60. The first-order chi connectivity index (χ1) is 8.28. The van der Waals surface area contributed by atoms with Crippen LogP contribution >= 0.6 is 0 Å². The summed E-state index contributed by atoms with van der Waals surface area (Å²) < 4.78 is 1.87. The van der Waals surface area contributed by atoms with Crippen LogP contribution in [0.25, 0.3) is 5.65 Å². The first kappa shape index (κ1) is 10.7. The Kier molecular flexibility index (Phi) is 2.57. The van der Waals surface area contributed by atoms with Gasteiger partial charge in [0.15, 0.2) is 11.5 Å². The van der Waals surface area contributed by atoms with Gasteiger partial charge in [0.05, 0.1) is 5.69 Å². The minimum absolute atomic E-state index is 0.463. The second-order valence-electron chi connectivity index (χ2n) is 4.71. The lowest BCUT2D eigenvalue weighted by atomic mass is 10.1. The Balaban J connectivity index is 2.01. The lowest BCUT2D eigenvalue weighted by molar-refractivity contribution is 0.409. The van der Waals surface area contributed by atoms with E-state index in [0.717, 1.165) is 36.7 Å². The molecule has 0 aliphatic carbocycles. The highest BCUT2D eigenvalue weighted by atomic mass is 15.3. The van der Waals surface area contributed by atoms with E-state index in [0.29, 0.717) is 12.5 Å². The Bertz CT molecular complexity index is 533. The van der Waals surface area contributed by atoms with Crippen LogP contribution in [0, 0.1) is 0 Å². The highest BCUT2D eigenvalue weighted by Crippen LogP contribution is 2.24. The van der Waals surface area contributed by atoms with Gasteiger partial charge in [-0.1, -0.05) is 6.07 Å². The summed E-state index contributed by atoms with van der Waals surface area (Å²) in [5.74, 6) is 1.42. The van der Waals surface area contributed by atoms with Crippen LogP contribution in [0.3, 0.4) is 0 Å². The molecule has 0 spiro atoms. The molecule has 0 bridgehead atoms. The Labute approximate surface area is 100 Å². The molecule has 5 nitrogen and oxygen atoms in total. The largest absolute Gasteiger partial charge is 0.325 e. The quantitative estimate of drug-likeness (QED) is 0.822. The van der Waals surface area contributed by atoms with Gasteiger partial charge in [0, 0.05) is 19.0 Å². The lowest BCUT2D eigenvalue weighted by Crippen LogP contribution is -2.14. The standard InChI is InChI=1S/C12H17N5/c1-16-6-5-9(8-16)12-14-11-4-2-3-10(7-13)17(11)15-12/h2-4,9H,5-8,13H2,1H3. The lowest BCUT2D eigenvalue weighted by Gasteiger charge is -2.05. The highest BCUT2D eigenvalue weighted by Gasteiger charge is 2.24. The van der Waals surface area contributed by atoms with Crippen molar-refractivity contribution in [3.8, 4) is 0 Å². The van der Waals surface area contributed by atoms with Gasteiger partial charge in [-0.05, 0) is 32.1 Å². The molecule has 0 saturated carbocycles. The number of fused-ring (bicyclic) bond motifs is 1. The van der Waals surface area contributed by atoms with Crippen molar-refractivity contribution in [3.63, 3.8) is 0 Å². The van der Waals surface area contributed by atoms with Crippen LogP contribution in [0.15, 0.2) is 18.2 Å². The van der Waals surface area contributed by atoms with Crippen molar-refractivity contribution in [2.45, 2.75) is 18.9 Å². The average Bonchev–Trinajstić information content (AvgIpc) is 2.93. The van der Waals surface area contributed by atoms with Crippen molar-refractivity contribution in [1.82, 2.24) is 19.5 Å². The molecule has 1 fully saturated rings. The molecule has 1 atom stereocenters. The van der Waals surface area contributed by atoms with Gasteiger partial charge in [-0.2, -0.15) is 5.10 Å². The summed E-state index contributed by atoms with van der Waals surface area (Å²) in [7, 11) is 2.14. The van der Waals surface area contributed by atoms with E-state index in [9.17, 15) is 0 Å². The first-order valence-electron chi connectivity index (χ1n) is 6.01. The number of rotatable bonds is 2. The molecule has 0 radical (unpaired) electrons. The number of likely N-dealkylation sites (tertiary alicyclic amines) is 1. The second-order valence-corrected chi connectivity index (χ2v) is 4.71. The van der Waals surface area contributed by atoms with Crippen molar-refractivity contribution < 1.29 is 0 Å². The number of nitrogens with zero attached hydrogens (tertiary/aromatic N) is 4. The molecular weight excluding hydrogens is 214 g/mol. The van der Waals surface area contributed by atoms with Gasteiger partial charge < -0.3 is 10.6 Å². The Morgan fingerprint density at radius 3 is 3.06 bits per heavy atom. The van der Waals surface area contributed by atoms with E-state index in [1.54, 1.807) is 0 Å². The fourth-order valence-corrected chi connectivity index (χ4v) is 2.45. The predicted octanol–water partition coefficient (Wildman–Crippen LogP) is 0.607. The van der Waals surface area contributed by atoms with E-state index >= 15 is 0 Å². The van der Waals surface area contributed by atoms with E-state index < -0.39 is 0 Å². The van der Waals surface area contributed by atoms with Crippen LogP contribution in [0.5, 0.6) is 0 Å². The maximum Gasteiger partial charge on any atom is 0.156 e. The molecule has 3 rings (SSSR count). The fraction of sp³-hybridized carbons (Fsp3) is 0.500. The van der Waals surface area contributed by atoms with Crippen molar-refractivity contribution in [2.75, 3.05) is 20.1 Å². The van der Waals surface area contributed by atoms with Crippen LogP contribution in [-0.4, -0.2) is 39.6 Å². The van der Waals surface area contributed by atoms with Crippen molar-refractivity contribution >= 4 is 5.65 Å². The SMILES string of the molecule is CN1CCC(c2nc3cccc(CN)n3n2)C1. The molecule has 0 aromatic carbocycles. The minimum atomic E-state index is 0.463. The third-order valence-electron chi connectivity index (χ3n) is 3.42. The van der Waals surface area contributed by atoms with Crippen LogP contribution in [0.1, 0.15) is 23.9 Å². The third-order valence-corrected chi connectivity index (χ3v) is 3.42. The Morgan fingerprint density at radius 2 is 2.35 bits per heavy atom. The summed E-state index contributed by atoms with van der Waals surface area (Å²) in [4.78, 5) is 6.93. The minimum Gasteiger partial charge on any atom is -0.325 e. The summed E-state index contributed by atoms with van der Waals surface area (Å²) in [5.41, 5.74) is 7.61. The number of pyridine rings is 1. The fourth-order valence-electron chi connectivity index (χ4n) is 2.45. The van der Waals surface area contributed by atoms with Crippen LogP contribution < -0.4 is 5.73 Å².